The maximum absolute atomic E-state index is 12.7. The van der Waals surface area contributed by atoms with Gasteiger partial charge in [-0.3, -0.25) is 4.79 Å². The highest BCUT2D eigenvalue weighted by Crippen LogP contribution is 2.37. The van der Waals surface area contributed by atoms with Crippen LogP contribution in [-0.2, 0) is 4.79 Å². The Morgan fingerprint density at radius 1 is 1.37 bits per heavy atom. The van der Waals surface area contributed by atoms with Gasteiger partial charge in [-0.1, -0.05) is 0 Å². The monoisotopic (exact) mass is 278 g/mol. The minimum Gasteiger partial charge on any atom is -0.330 e. The van der Waals surface area contributed by atoms with Gasteiger partial charge < -0.3 is 10.2 Å². The van der Waals surface area contributed by atoms with Gasteiger partial charge in [0.15, 0.2) is 0 Å². The third-order valence-corrected chi connectivity index (χ3v) is 4.07. The summed E-state index contributed by atoms with van der Waals surface area (Å²) in [5.74, 6) is -0.371. The Kier molecular flexibility index (Phi) is 4.38. The topological polar surface area (TPSA) is 32.3 Å². The highest BCUT2D eigenvalue weighted by atomic mass is 19.4. The Bertz CT molecular complexity index is 322. The molecule has 1 aliphatic carbocycles. The van der Waals surface area contributed by atoms with E-state index in [1.165, 1.54) is 0 Å². The van der Waals surface area contributed by atoms with Crippen molar-refractivity contribution in [2.75, 3.05) is 19.6 Å². The number of hydrogen-bond acceptors (Lipinski definition) is 2. The lowest BCUT2D eigenvalue weighted by Gasteiger charge is -2.34. The summed E-state index contributed by atoms with van der Waals surface area (Å²) in [5, 5.41) is 3.09. The molecule has 0 radical (unpaired) electrons. The third kappa shape index (κ3) is 4.09. The van der Waals surface area contributed by atoms with Gasteiger partial charge in [-0.15, -0.1) is 0 Å². The zero-order valence-corrected chi connectivity index (χ0v) is 11.2. The van der Waals surface area contributed by atoms with Crippen molar-refractivity contribution in [2.45, 2.75) is 44.8 Å². The summed E-state index contributed by atoms with van der Waals surface area (Å²) in [7, 11) is 0. The highest BCUT2D eigenvalue weighted by Gasteiger charge is 2.42. The molecular weight excluding hydrogens is 257 g/mol. The molecule has 3 nitrogen and oxygen atoms in total. The zero-order valence-electron chi connectivity index (χ0n) is 11.2. The van der Waals surface area contributed by atoms with Gasteiger partial charge in [-0.05, 0) is 45.1 Å². The van der Waals surface area contributed by atoms with Gasteiger partial charge >= 0.3 is 6.18 Å². The Morgan fingerprint density at radius 3 is 2.53 bits per heavy atom. The van der Waals surface area contributed by atoms with Crippen LogP contribution in [-0.4, -0.2) is 42.7 Å². The van der Waals surface area contributed by atoms with Crippen LogP contribution in [0.3, 0.4) is 0 Å². The number of amides is 1. The van der Waals surface area contributed by atoms with Crippen LogP contribution in [0.1, 0.15) is 32.6 Å². The molecule has 0 aromatic carbocycles. The van der Waals surface area contributed by atoms with Crippen molar-refractivity contribution in [1.82, 2.24) is 10.2 Å². The molecule has 1 heterocycles. The Morgan fingerprint density at radius 2 is 2.05 bits per heavy atom. The number of carbonyl (C=O) groups excluding carboxylic acids is 1. The zero-order chi connectivity index (χ0) is 14.0. The van der Waals surface area contributed by atoms with Crippen molar-refractivity contribution in [1.29, 1.82) is 0 Å². The molecule has 0 aromatic rings. The molecule has 1 amide bonds. The van der Waals surface area contributed by atoms with Gasteiger partial charge in [0.1, 0.15) is 6.54 Å². The van der Waals surface area contributed by atoms with Crippen molar-refractivity contribution >= 4 is 5.91 Å². The van der Waals surface area contributed by atoms with Gasteiger partial charge in [0.05, 0.1) is 5.92 Å². The molecule has 2 atom stereocenters. The van der Waals surface area contributed by atoms with Crippen molar-refractivity contribution in [3.63, 3.8) is 0 Å². The Hall–Kier alpha value is -0.780. The van der Waals surface area contributed by atoms with Crippen LogP contribution in [0.15, 0.2) is 0 Å². The van der Waals surface area contributed by atoms with E-state index in [1.54, 1.807) is 6.92 Å². The van der Waals surface area contributed by atoms with E-state index in [9.17, 15) is 18.0 Å². The normalized spacial score (nSPS) is 26.0. The van der Waals surface area contributed by atoms with Gasteiger partial charge in [0, 0.05) is 12.6 Å². The number of nitrogens with zero attached hydrogens (tertiary/aromatic N) is 1. The molecule has 2 unspecified atom stereocenters. The van der Waals surface area contributed by atoms with E-state index < -0.39 is 12.7 Å². The van der Waals surface area contributed by atoms with Crippen LogP contribution in [0, 0.1) is 11.8 Å². The number of halogens is 3. The van der Waals surface area contributed by atoms with E-state index in [0.717, 1.165) is 30.7 Å². The molecule has 2 aliphatic rings. The van der Waals surface area contributed by atoms with Crippen molar-refractivity contribution in [2.24, 2.45) is 11.8 Å². The number of nitrogens with one attached hydrogen (secondary N) is 1. The van der Waals surface area contributed by atoms with Crippen molar-refractivity contribution in [3.8, 4) is 0 Å². The summed E-state index contributed by atoms with van der Waals surface area (Å²) >= 11 is 0. The maximum Gasteiger partial charge on any atom is 0.406 e. The van der Waals surface area contributed by atoms with E-state index in [-0.39, 0.29) is 23.8 Å². The van der Waals surface area contributed by atoms with Crippen LogP contribution in [0.4, 0.5) is 13.2 Å². The van der Waals surface area contributed by atoms with Gasteiger partial charge in [0.25, 0.3) is 0 Å². The molecule has 1 saturated carbocycles. The van der Waals surface area contributed by atoms with Crippen LogP contribution >= 0.6 is 0 Å². The molecule has 2 fully saturated rings. The summed E-state index contributed by atoms with van der Waals surface area (Å²) in [6.45, 7) is 1.99. The van der Waals surface area contributed by atoms with E-state index in [2.05, 4.69) is 5.32 Å². The molecule has 110 valence electrons. The number of carbonyl (C=O) groups is 1. The van der Waals surface area contributed by atoms with E-state index in [1.807, 2.05) is 0 Å². The fourth-order valence-corrected chi connectivity index (χ4v) is 2.75. The average molecular weight is 278 g/mol. The number of hydrogen-bond donors (Lipinski definition) is 1. The summed E-state index contributed by atoms with van der Waals surface area (Å²) in [5.41, 5.74) is 0. The van der Waals surface area contributed by atoms with Crippen molar-refractivity contribution < 1.29 is 18.0 Å². The van der Waals surface area contributed by atoms with E-state index >= 15 is 0 Å². The molecule has 0 aromatic heterocycles. The SMILES string of the molecule is CC(C1CC1)N(CC(F)(F)F)C(=O)C1CCCNC1. The number of rotatable bonds is 4. The predicted octanol–water partition coefficient (Wildman–Crippen LogP) is 2.18. The first-order chi connectivity index (χ1) is 8.88. The van der Waals surface area contributed by atoms with Crippen molar-refractivity contribution in [3.05, 3.63) is 0 Å². The number of alkyl halides is 3. The third-order valence-electron chi connectivity index (χ3n) is 4.07. The van der Waals surface area contributed by atoms with Crippen LogP contribution in [0.5, 0.6) is 0 Å². The summed E-state index contributed by atoms with van der Waals surface area (Å²) in [6, 6.07) is -0.295. The Labute approximate surface area is 111 Å². The van der Waals surface area contributed by atoms with Crippen LogP contribution < -0.4 is 5.32 Å². The lowest BCUT2D eigenvalue weighted by Crippen LogP contribution is -2.50. The first-order valence-electron chi connectivity index (χ1n) is 6.96. The molecule has 0 bridgehead atoms. The fourth-order valence-electron chi connectivity index (χ4n) is 2.75. The summed E-state index contributed by atoms with van der Waals surface area (Å²) in [4.78, 5) is 13.4. The predicted molar refractivity (Wildman–Crippen MR) is 65.5 cm³/mol. The molecule has 1 aliphatic heterocycles. The quantitative estimate of drug-likeness (QED) is 0.855. The molecule has 2 rings (SSSR count). The van der Waals surface area contributed by atoms with E-state index in [4.69, 9.17) is 0 Å². The maximum atomic E-state index is 12.7. The molecule has 1 N–H and O–H groups in total. The van der Waals surface area contributed by atoms with Gasteiger partial charge in [-0.25, -0.2) is 0 Å². The minimum absolute atomic E-state index is 0.253. The molecule has 19 heavy (non-hydrogen) atoms. The largest absolute Gasteiger partial charge is 0.406 e. The highest BCUT2D eigenvalue weighted by molar-refractivity contribution is 5.79. The molecule has 0 spiro atoms. The number of piperidine rings is 1. The molecular formula is C13H21F3N2O. The lowest BCUT2D eigenvalue weighted by molar-refractivity contribution is -0.169. The summed E-state index contributed by atoms with van der Waals surface area (Å²) < 4.78 is 38.0. The first kappa shape index (κ1) is 14.6. The summed E-state index contributed by atoms with van der Waals surface area (Å²) in [6.07, 6.45) is -0.899. The lowest BCUT2D eigenvalue weighted by atomic mass is 9.97. The van der Waals surface area contributed by atoms with Gasteiger partial charge in [-0.2, -0.15) is 13.2 Å². The second-order valence-corrected chi connectivity index (χ2v) is 5.70. The molecule has 6 heteroatoms. The smallest absolute Gasteiger partial charge is 0.330 e. The average Bonchev–Trinajstić information content (AvgIpc) is 3.18. The standard InChI is InChI=1S/C13H21F3N2O/c1-9(10-4-5-10)18(8-13(14,15)16)12(19)11-3-2-6-17-7-11/h9-11,17H,2-8H2,1H3. The second kappa shape index (κ2) is 5.69. The van der Waals surface area contributed by atoms with E-state index in [0.29, 0.717) is 13.0 Å². The first-order valence-corrected chi connectivity index (χ1v) is 6.96. The minimum atomic E-state index is -4.32. The van der Waals surface area contributed by atoms with Gasteiger partial charge in [0.2, 0.25) is 5.91 Å². The second-order valence-electron chi connectivity index (χ2n) is 5.70. The fraction of sp³-hybridized carbons (Fsp3) is 0.923. The molecule has 1 saturated heterocycles. The van der Waals surface area contributed by atoms with Crippen LogP contribution in [0.25, 0.3) is 0 Å². The Balaban J connectivity index is 2.04. The van der Waals surface area contributed by atoms with Crippen LogP contribution in [0.2, 0.25) is 0 Å².